The van der Waals surface area contributed by atoms with Gasteiger partial charge in [0.2, 0.25) is 0 Å². The highest BCUT2D eigenvalue weighted by molar-refractivity contribution is 7.94. The third kappa shape index (κ3) is 5.03. The summed E-state index contributed by atoms with van der Waals surface area (Å²) in [5, 5.41) is 23.5. The highest BCUT2D eigenvalue weighted by Gasteiger charge is 2.53. The number of allylic oxidation sites excluding steroid dienone is 2. The van der Waals surface area contributed by atoms with Gasteiger partial charge in [0.1, 0.15) is 17.0 Å². The average molecular weight is 562 g/mol. The molecule has 2 atom stereocenters. The van der Waals surface area contributed by atoms with Crippen LogP contribution >= 0.6 is 23.2 Å². The minimum atomic E-state index is -3.88. The van der Waals surface area contributed by atoms with E-state index in [1.165, 1.54) is 0 Å². The van der Waals surface area contributed by atoms with Crippen molar-refractivity contribution < 1.29 is 18.6 Å². The van der Waals surface area contributed by atoms with Crippen molar-refractivity contribution in [1.82, 2.24) is 9.55 Å². The summed E-state index contributed by atoms with van der Waals surface area (Å²) in [6.45, 7) is 6.28. The molecule has 4 rings (SSSR count). The molecule has 2 unspecified atom stereocenters. The molecule has 1 aliphatic carbocycles. The number of halogens is 2. The zero-order valence-electron chi connectivity index (χ0n) is 21.3. The van der Waals surface area contributed by atoms with Gasteiger partial charge >= 0.3 is 0 Å². The molecule has 0 bridgehead atoms. The normalized spacial score (nSPS) is 20.7. The molecule has 3 aromatic rings. The molecule has 0 saturated heterocycles. The standard InChI is InChI=1S/C28H30Cl2N2O4S/c1-26(2,33)23-17-32(25(31-23)21-11-6-7-12-22(21)30)28(27(3,4)34)14-13-19(16-24(28)37(5,35)36)18-9-8-10-20(29)15-18/h6-17,19,33-34H,1-5H3. The number of imidazole rings is 1. The third-order valence-corrected chi connectivity index (χ3v) is 8.46. The summed E-state index contributed by atoms with van der Waals surface area (Å²) >= 11 is 12.8. The first-order valence-corrected chi connectivity index (χ1v) is 14.4. The van der Waals surface area contributed by atoms with Gasteiger partial charge in [-0.3, -0.25) is 0 Å². The Balaban J connectivity index is 2.09. The van der Waals surface area contributed by atoms with Crippen LogP contribution in [0.4, 0.5) is 0 Å². The van der Waals surface area contributed by atoms with Crippen LogP contribution in [0.2, 0.25) is 10.0 Å². The quantitative estimate of drug-likeness (QED) is 0.370. The van der Waals surface area contributed by atoms with Crippen molar-refractivity contribution in [1.29, 1.82) is 0 Å². The maximum absolute atomic E-state index is 13.4. The first-order chi connectivity index (χ1) is 17.1. The zero-order valence-corrected chi connectivity index (χ0v) is 23.6. The Morgan fingerprint density at radius 2 is 1.70 bits per heavy atom. The van der Waals surface area contributed by atoms with E-state index in [1.807, 2.05) is 12.1 Å². The van der Waals surface area contributed by atoms with Crippen molar-refractivity contribution >= 4 is 33.0 Å². The SMILES string of the molecule is CC(C)(O)c1cn(C2(C(C)(C)O)C=CC(c3cccc(Cl)c3)C=C2S(C)(=O)=O)c(-c2ccccc2Cl)n1. The van der Waals surface area contributed by atoms with Crippen molar-refractivity contribution in [3.63, 3.8) is 0 Å². The second-order valence-electron chi connectivity index (χ2n) is 10.4. The van der Waals surface area contributed by atoms with Gasteiger partial charge in [0, 0.05) is 29.0 Å². The Bertz CT molecular complexity index is 1510. The van der Waals surface area contributed by atoms with Gasteiger partial charge in [0.25, 0.3) is 0 Å². The summed E-state index contributed by atoms with van der Waals surface area (Å²) in [5.41, 5.74) is -2.96. The van der Waals surface area contributed by atoms with Crippen LogP contribution in [0.25, 0.3) is 11.4 Å². The van der Waals surface area contributed by atoms with E-state index < -0.39 is 32.5 Å². The molecule has 37 heavy (non-hydrogen) atoms. The van der Waals surface area contributed by atoms with Crippen LogP contribution in [-0.4, -0.2) is 40.0 Å². The topological polar surface area (TPSA) is 92.4 Å². The van der Waals surface area contributed by atoms with Crippen molar-refractivity contribution in [2.75, 3.05) is 6.26 Å². The van der Waals surface area contributed by atoms with Crippen LogP contribution in [0.1, 0.15) is 44.9 Å². The van der Waals surface area contributed by atoms with Crippen molar-refractivity contribution in [2.45, 2.75) is 50.4 Å². The molecular weight excluding hydrogens is 531 g/mol. The predicted octanol–water partition coefficient (Wildman–Crippen LogP) is 5.83. The van der Waals surface area contributed by atoms with Gasteiger partial charge in [0.15, 0.2) is 9.84 Å². The molecule has 1 aliphatic rings. The molecule has 9 heteroatoms. The number of hydrogen-bond acceptors (Lipinski definition) is 5. The highest BCUT2D eigenvalue weighted by atomic mass is 35.5. The van der Waals surface area contributed by atoms with E-state index in [0.29, 0.717) is 27.1 Å². The van der Waals surface area contributed by atoms with Crippen LogP contribution in [0.15, 0.2) is 77.9 Å². The van der Waals surface area contributed by atoms with Crippen molar-refractivity contribution in [2.24, 2.45) is 0 Å². The molecule has 0 saturated carbocycles. The van der Waals surface area contributed by atoms with E-state index in [9.17, 15) is 18.6 Å². The fraction of sp³-hybridized carbons (Fsp3) is 0.321. The molecule has 2 aromatic carbocycles. The molecule has 6 nitrogen and oxygen atoms in total. The minimum Gasteiger partial charge on any atom is -0.387 e. The zero-order chi connectivity index (χ0) is 27.4. The summed E-state index contributed by atoms with van der Waals surface area (Å²) in [4.78, 5) is 4.69. The monoisotopic (exact) mass is 560 g/mol. The maximum atomic E-state index is 13.4. The fourth-order valence-corrected chi connectivity index (χ4v) is 6.57. The largest absolute Gasteiger partial charge is 0.387 e. The van der Waals surface area contributed by atoms with Gasteiger partial charge in [-0.15, -0.1) is 0 Å². The van der Waals surface area contributed by atoms with Gasteiger partial charge in [-0.25, -0.2) is 13.4 Å². The minimum absolute atomic E-state index is 0.00650. The lowest BCUT2D eigenvalue weighted by atomic mass is 9.75. The van der Waals surface area contributed by atoms with Crippen LogP contribution in [-0.2, 0) is 21.0 Å². The van der Waals surface area contributed by atoms with E-state index in [1.54, 1.807) is 93.1 Å². The van der Waals surface area contributed by atoms with Crippen LogP contribution < -0.4 is 0 Å². The fourth-order valence-electron chi connectivity index (χ4n) is 4.77. The number of nitrogens with zero attached hydrogens (tertiary/aromatic N) is 2. The third-order valence-electron chi connectivity index (χ3n) is 6.64. The van der Waals surface area contributed by atoms with Gasteiger partial charge in [0.05, 0.1) is 21.2 Å². The lowest BCUT2D eigenvalue weighted by Gasteiger charge is -2.46. The lowest BCUT2D eigenvalue weighted by Crippen LogP contribution is -2.54. The molecule has 196 valence electrons. The van der Waals surface area contributed by atoms with Crippen LogP contribution in [0.3, 0.4) is 0 Å². The number of sulfone groups is 1. The summed E-state index contributed by atoms with van der Waals surface area (Å²) < 4.78 is 28.5. The Hall–Kier alpha value is -2.42. The summed E-state index contributed by atoms with van der Waals surface area (Å²) in [6, 6.07) is 14.2. The van der Waals surface area contributed by atoms with Gasteiger partial charge < -0.3 is 14.8 Å². The second-order valence-corrected chi connectivity index (χ2v) is 13.3. The molecule has 0 fully saturated rings. The highest BCUT2D eigenvalue weighted by Crippen LogP contribution is 2.49. The van der Waals surface area contributed by atoms with Gasteiger partial charge in [-0.1, -0.05) is 65.7 Å². The Labute approximate surface area is 227 Å². The average Bonchev–Trinajstić information content (AvgIpc) is 3.24. The number of aromatic nitrogens is 2. The second kappa shape index (κ2) is 9.40. The summed E-state index contributed by atoms with van der Waals surface area (Å²) in [6.07, 6.45) is 7.89. The van der Waals surface area contributed by atoms with Crippen LogP contribution in [0, 0.1) is 0 Å². The molecule has 0 spiro atoms. The number of hydrogen-bond donors (Lipinski definition) is 2. The van der Waals surface area contributed by atoms with E-state index in [0.717, 1.165) is 11.8 Å². The van der Waals surface area contributed by atoms with E-state index >= 15 is 0 Å². The molecule has 1 aromatic heterocycles. The van der Waals surface area contributed by atoms with E-state index in [2.05, 4.69) is 0 Å². The first-order valence-electron chi connectivity index (χ1n) is 11.7. The lowest BCUT2D eigenvalue weighted by molar-refractivity contribution is 0.00199. The van der Waals surface area contributed by atoms with E-state index in [4.69, 9.17) is 28.2 Å². The molecule has 1 heterocycles. The molecule has 0 radical (unpaired) electrons. The predicted molar refractivity (Wildman–Crippen MR) is 148 cm³/mol. The summed E-state index contributed by atoms with van der Waals surface area (Å²) in [5.74, 6) is -0.0924. The Kier molecular flexibility index (Phi) is 7.01. The number of aliphatic hydroxyl groups is 2. The van der Waals surface area contributed by atoms with Gasteiger partial charge in [-0.2, -0.15) is 0 Å². The Morgan fingerprint density at radius 1 is 1.03 bits per heavy atom. The summed E-state index contributed by atoms with van der Waals surface area (Å²) in [7, 11) is -3.88. The molecule has 2 N–H and O–H groups in total. The van der Waals surface area contributed by atoms with Crippen molar-refractivity contribution in [3.05, 3.63) is 99.2 Å². The maximum Gasteiger partial charge on any atom is 0.174 e. The number of rotatable bonds is 6. The van der Waals surface area contributed by atoms with E-state index in [-0.39, 0.29) is 4.91 Å². The molecule has 0 aliphatic heterocycles. The van der Waals surface area contributed by atoms with Crippen molar-refractivity contribution in [3.8, 4) is 11.4 Å². The Morgan fingerprint density at radius 3 is 2.27 bits per heavy atom. The smallest absolute Gasteiger partial charge is 0.174 e. The van der Waals surface area contributed by atoms with Gasteiger partial charge in [-0.05, 0) is 57.5 Å². The molecular formula is C28H30Cl2N2O4S. The number of benzene rings is 2. The first kappa shape index (κ1) is 27.6. The molecule has 0 amide bonds. The van der Waals surface area contributed by atoms with Crippen LogP contribution in [0.5, 0.6) is 0 Å².